The van der Waals surface area contributed by atoms with Gasteiger partial charge in [0.15, 0.2) is 0 Å². The molecule has 0 aromatic heterocycles. The Labute approximate surface area is 124 Å². The Balaban J connectivity index is 2.96. The number of ether oxygens (including phenoxy) is 1. The summed E-state index contributed by atoms with van der Waals surface area (Å²) >= 11 is 0. The zero-order valence-corrected chi connectivity index (χ0v) is 12.1. The van der Waals surface area contributed by atoms with Gasteiger partial charge in [-0.05, 0) is 12.1 Å². The van der Waals surface area contributed by atoms with Gasteiger partial charge < -0.3 is 14.7 Å². The van der Waals surface area contributed by atoms with E-state index in [2.05, 4.69) is 6.58 Å². The summed E-state index contributed by atoms with van der Waals surface area (Å²) in [5.41, 5.74) is 0.538. The summed E-state index contributed by atoms with van der Waals surface area (Å²) in [7, 11) is 1.54. The quantitative estimate of drug-likeness (QED) is 0.742. The minimum absolute atomic E-state index is 0.325. The van der Waals surface area contributed by atoms with Gasteiger partial charge in [0.2, 0.25) is 0 Å². The molecule has 6 heteroatoms. The van der Waals surface area contributed by atoms with E-state index in [4.69, 9.17) is 9.84 Å². The fourth-order valence-corrected chi connectivity index (χ4v) is 1.81. The number of carboxylic acids is 1. The van der Waals surface area contributed by atoms with Crippen molar-refractivity contribution < 1.29 is 19.4 Å². The molecule has 1 aromatic carbocycles. The minimum Gasteiger partial charge on any atom is -0.480 e. The average molecular weight is 292 g/mol. The van der Waals surface area contributed by atoms with Crippen molar-refractivity contribution in [2.75, 3.05) is 38.3 Å². The van der Waals surface area contributed by atoms with E-state index in [1.54, 1.807) is 43.5 Å². The summed E-state index contributed by atoms with van der Waals surface area (Å²) in [4.78, 5) is 26.3. The number of benzene rings is 1. The first-order valence-electron chi connectivity index (χ1n) is 6.53. The molecule has 0 unspecified atom stereocenters. The molecule has 1 rings (SSSR count). The van der Waals surface area contributed by atoms with Crippen LogP contribution < -0.4 is 4.90 Å². The molecule has 1 N–H and O–H groups in total. The summed E-state index contributed by atoms with van der Waals surface area (Å²) in [6.07, 6.45) is 1.59. The molecular formula is C15H20N2O4. The molecule has 0 bridgehead atoms. The Morgan fingerprint density at radius 1 is 1.33 bits per heavy atom. The van der Waals surface area contributed by atoms with Crippen LogP contribution in [-0.4, -0.2) is 55.4 Å². The van der Waals surface area contributed by atoms with E-state index < -0.39 is 12.5 Å². The Bertz CT molecular complexity index is 476. The van der Waals surface area contributed by atoms with Crippen molar-refractivity contribution in [1.29, 1.82) is 0 Å². The highest BCUT2D eigenvalue weighted by Crippen LogP contribution is 2.15. The number of rotatable bonds is 8. The van der Waals surface area contributed by atoms with Crippen LogP contribution in [0.3, 0.4) is 0 Å². The van der Waals surface area contributed by atoms with Crippen LogP contribution in [0.15, 0.2) is 43.0 Å². The van der Waals surface area contributed by atoms with Gasteiger partial charge in [-0.25, -0.2) is 4.79 Å². The van der Waals surface area contributed by atoms with Crippen LogP contribution in [0.4, 0.5) is 10.5 Å². The van der Waals surface area contributed by atoms with Crippen molar-refractivity contribution in [1.82, 2.24) is 4.90 Å². The molecule has 0 aliphatic carbocycles. The first-order valence-corrected chi connectivity index (χ1v) is 6.53. The van der Waals surface area contributed by atoms with Crippen molar-refractivity contribution in [3.63, 3.8) is 0 Å². The summed E-state index contributed by atoms with van der Waals surface area (Å²) in [5.74, 6) is -1.07. The maximum absolute atomic E-state index is 12.6. The average Bonchev–Trinajstić information content (AvgIpc) is 2.49. The lowest BCUT2D eigenvalue weighted by Crippen LogP contribution is -2.46. The van der Waals surface area contributed by atoms with Crippen LogP contribution in [0.1, 0.15) is 0 Å². The van der Waals surface area contributed by atoms with Crippen LogP contribution >= 0.6 is 0 Å². The number of carbonyl (C=O) groups excluding carboxylic acids is 1. The molecule has 1 aromatic rings. The molecule has 0 radical (unpaired) electrons. The van der Waals surface area contributed by atoms with Gasteiger partial charge in [-0.15, -0.1) is 6.58 Å². The predicted molar refractivity (Wildman–Crippen MR) is 80.5 cm³/mol. The highest BCUT2D eigenvalue weighted by atomic mass is 16.5. The van der Waals surface area contributed by atoms with Gasteiger partial charge in [0.1, 0.15) is 6.54 Å². The predicted octanol–water partition coefficient (Wildman–Crippen LogP) is 1.83. The van der Waals surface area contributed by atoms with Crippen LogP contribution in [0, 0.1) is 0 Å². The van der Waals surface area contributed by atoms with Crippen molar-refractivity contribution in [2.24, 2.45) is 0 Å². The summed E-state index contributed by atoms with van der Waals surface area (Å²) in [6, 6.07) is 8.32. The van der Waals surface area contributed by atoms with E-state index in [1.807, 2.05) is 0 Å². The Kier molecular flexibility index (Phi) is 6.97. The highest BCUT2D eigenvalue weighted by Gasteiger charge is 2.23. The monoisotopic (exact) mass is 292 g/mol. The first kappa shape index (κ1) is 16.7. The van der Waals surface area contributed by atoms with Crippen molar-refractivity contribution in [3.05, 3.63) is 43.0 Å². The molecular weight excluding hydrogens is 272 g/mol. The maximum atomic E-state index is 12.6. The Morgan fingerprint density at radius 2 is 2.00 bits per heavy atom. The van der Waals surface area contributed by atoms with Crippen molar-refractivity contribution in [2.45, 2.75) is 0 Å². The summed E-state index contributed by atoms with van der Waals surface area (Å²) in [6.45, 7) is 4.28. The second-order valence-electron chi connectivity index (χ2n) is 4.33. The molecule has 0 heterocycles. The van der Waals surface area contributed by atoms with Crippen LogP contribution in [0.5, 0.6) is 0 Å². The van der Waals surface area contributed by atoms with E-state index in [0.29, 0.717) is 25.4 Å². The molecule has 6 nitrogen and oxygen atoms in total. The van der Waals surface area contributed by atoms with Gasteiger partial charge in [0, 0.05) is 25.9 Å². The fourth-order valence-electron chi connectivity index (χ4n) is 1.81. The number of anilines is 1. The lowest BCUT2D eigenvalue weighted by molar-refractivity contribution is -0.135. The lowest BCUT2D eigenvalue weighted by Gasteiger charge is -2.29. The van der Waals surface area contributed by atoms with Gasteiger partial charge in [-0.3, -0.25) is 9.69 Å². The normalized spacial score (nSPS) is 9.95. The van der Waals surface area contributed by atoms with E-state index in [1.165, 1.54) is 9.80 Å². The lowest BCUT2D eigenvalue weighted by atomic mass is 10.3. The maximum Gasteiger partial charge on any atom is 0.325 e. The molecule has 21 heavy (non-hydrogen) atoms. The zero-order valence-electron chi connectivity index (χ0n) is 12.1. The van der Waals surface area contributed by atoms with E-state index in [-0.39, 0.29) is 6.03 Å². The third-order valence-electron chi connectivity index (χ3n) is 2.78. The minimum atomic E-state index is -1.07. The Hall–Kier alpha value is -2.34. The van der Waals surface area contributed by atoms with Gasteiger partial charge >= 0.3 is 12.0 Å². The SMILES string of the molecule is C=CCN(CCOC)C(=O)N(CC(=O)O)c1ccccc1. The second-order valence-corrected chi connectivity index (χ2v) is 4.33. The summed E-state index contributed by atoms with van der Waals surface area (Å²) < 4.78 is 4.97. The molecule has 0 atom stereocenters. The van der Waals surface area contributed by atoms with Gasteiger partial charge in [0.05, 0.1) is 6.61 Å². The third-order valence-corrected chi connectivity index (χ3v) is 2.78. The second kappa shape index (κ2) is 8.76. The largest absolute Gasteiger partial charge is 0.480 e. The molecule has 0 spiro atoms. The number of para-hydroxylation sites is 1. The Morgan fingerprint density at radius 3 is 2.52 bits per heavy atom. The molecule has 2 amide bonds. The number of methoxy groups -OCH3 is 1. The molecule has 114 valence electrons. The van der Waals surface area contributed by atoms with Crippen LogP contribution in [0.2, 0.25) is 0 Å². The summed E-state index contributed by atoms with van der Waals surface area (Å²) in [5, 5.41) is 9.02. The fraction of sp³-hybridized carbons (Fsp3) is 0.333. The van der Waals surface area contributed by atoms with Crippen molar-refractivity contribution in [3.8, 4) is 0 Å². The number of hydrogen-bond acceptors (Lipinski definition) is 3. The number of carbonyl (C=O) groups is 2. The third kappa shape index (κ3) is 5.27. The first-order chi connectivity index (χ1) is 10.1. The molecule has 0 saturated heterocycles. The van der Waals surface area contributed by atoms with Gasteiger partial charge in [-0.2, -0.15) is 0 Å². The van der Waals surface area contributed by atoms with Gasteiger partial charge in [0.25, 0.3) is 0 Å². The number of urea groups is 1. The van der Waals surface area contributed by atoms with Crippen LogP contribution in [0.25, 0.3) is 0 Å². The topological polar surface area (TPSA) is 70.1 Å². The number of amides is 2. The number of carboxylic acid groups (broad SMARTS) is 1. The van der Waals surface area contributed by atoms with Gasteiger partial charge in [-0.1, -0.05) is 24.3 Å². The number of hydrogen-bond donors (Lipinski definition) is 1. The molecule has 0 saturated carbocycles. The number of nitrogens with zero attached hydrogens (tertiary/aromatic N) is 2. The zero-order chi connectivity index (χ0) is 15.7. The standard InChI is InChI=1S/C15H20N2O4/c1-3-9-16(10-11-21-2)15(20)17(12-14(18)19)13-7-5-4-6-8-13/h3-8H,1,9-12H2,2H3,(H,18,19). The number of aliphatic carboxylic acids is 1. The highest BCUT2D eigenvalue weighted by molar-refractivity contribution is 5.96. The van der Waals surface area contributed by atoms with Crippen LogP contribution in [-0.2, 0) is 9.53 Å². The molecule has 0 fully saturated rings. The smallest absolute Gasteiger partial charge is 0.325 e. The van der Waals surface area contributed by atoms with E-state index >= 15 is 0 Å². The molecule has 0 aliphatic rings. The van der Waals surface area contributed by atoms with E-state index in [0.717, 1.165) is 0 Å². The van der Waals surface area contributed by atoms with E-state index in [9.17, 15) is 9.59 Å². The molecule has 0 aliphatic heterocycles. The van der Waals surface area contributed by atoms with Crippen molar-refractivity contribution >= 4 is 17.7 Å².